The first kappa shape index (κ1) is 8.01. The van der Waals surface area contributed by atoms with Crippen molar-refractivity contribution in [1.29, 1.82) is 0 Å². The third-order valence-corrected chi connectivity index (χ3v) is 1.43. The van der Waals surface area contributed by atoms with Gasteiger partial charge in [0.15, 0.2) is 0 Å². The van der Waals surface area contributed by atoms with Gasteiger partial charge in [0.1, 0.15) is 0 Å². The molecule has 1 aliphatic rings. The molecule has 0 amide bonds. The van der Waals surface area contributed by atoms with Crippen LogP contribution >= 0.6 is 0 Å². The van der Waals surface area contributed by atoms with Crippen LogP contribution in [-0.4, -0.2) is 24.3 Å². The molecule has 3 nitrogen and oxygen atoms in total. The molecular formula is C8H10O3. The average molecular weight is 154 g/mol. The molecule has 0 aromatic carbocycles. The fraction of sp³-hybridized carbons (Fsp3) is 0.375. The molecule has 11 heavy (non-hydrogen) atoms. The number of hydrogen-bond acceptors (Lipinski definition) is 2. The lowest BCUT2D eigenvalue weighted by atomic mass is 10.2. The zero-order chi connectivity index (χ0) is 8.10. The number of allylic oxidation sites excluding steroid dienone is 2. The molecule has 1 N–H and O–H groups in total. The third-order valence-electron chi connectivity index (χ3n) is 1.43. The Morgan fingerprint density at radius 1 is 1.64 bits per heavy atom. The van der Waals surface area contributed by atoms with Crippen molar-refractivity contribution >= 4 is 5.97 Å². The Morgan fingerprint density at radius 2 is 2.45 bits per heavy atom. The van der Waals surface area contributed by atoms with Gasteiger partial charge in [-0.2, -0.15) is 0 Å². The van der Waals surface area contributed by atoms with Crippen molar-refractivity contribution in [2.24, 2.45) is 0 Å². The quantitative estimate of drug-likeness (QED) is 0.603. The van der Waals surface area contributed by atoms with E-state index in [1.807, 2.05) is 0 Å². The van der Waals surface area contributed by atoms with Crippen LogP contribution in [0.1, 0.15) is 6.42 Å². The van der Waals surface area contributed by atoms with Crippen molar-refractivity contribution in [2.45, 2.75) is 6.42 Å². The lowest BCUT2D eigenvalue weighted by Gasteiger charge is -1.86. The van der Waals surface area contributed by atoms with E-state index in [9.17, 15) is 4.79 Å². The van der Waals surface area contributed by atoms with Crippen molar-refractivity contribution in [1.82, 2.24) is 0 Å². The van der Waals surface area contributed by atoms with E-state index < -0.39 is 5.97 Å². The molecule has 0 spiro atoms. The Hall–Kier alpha value is -1.09. The number of carboxylic acids is 1. The molecule has 0 unspecified atom stereocenters. The summed E-state index contributed by atoms with van der Waals surface area (Å²) in [6, 6.07) is 0. The first-order valence-corrected chi connectivity index (χ1v) is 3.46. The maximum absolute atomic E-state index is 10.0. The molecule has 1 aliphatic heterocycles. The van der Waals surface area contributed by atoms with E-state index >= 15 is 0 Å². The SMILES string of the molecule is O=C(O)/C=C/C=C1/CCOC1. The van der Waals surface area contributed by atoms with E-state index in [0.29, 0.717) is 6.61 Å². The van der Waals surface area contributed by atoms with Crippen molar-refractivity contribution < 1.29 is 14.6 Å². The van der Waals surface area contributed by atoms with Crippen molar-refractivity contribution in [3.8, 4) is 0 Å². The molecule has 0 aliphatic carbocycles. The fourth-order valence-electron chi connectivity index (χ4n) is 0.877. The van der Waals surface area contributed by atoms with Gasteiger partial charge < -0.3 is 9.84 Å². The van der Waals surface area contributed by atoms with Crippen LogP contribution in [-0.2, 0) is 9.53 Å². The smallest absolute Gasteiger partial charge is 0.328 e. The first-order chi connectivity index (χ1) is 5.29. The van der Waals surface area contributed by atoms with Gasteiger partial charge in [-0.3, -0.25) is 0 Å². The molecule has 0 saturated carbocycles. The summed E-state index contributed by atoms with van der Waals surface area (Å²) in [6.07, 6.45) is 5.36. The van der Waals surface area contributed by atoms with Gasteiger partial charge in [0.2, 0.25) is 0 Å². The Balaban J connectivity index is 2.39. The van der Waals surface area contributed by atoms with E-state index in [4.69, 9.17) is 9.84 Å². The minimum absolute atomic E-state index is 0.643. The van der Waals surface area contributed by atoms with Gasteiger partial charge in [-0.25, -0.2) is 4.79 Å². The number of aliphatic carboxylic acids is 1. The van der Waals surface area contributed by atoms with Crippen LogP contribution < -0.4 is 0 Å². The molecule has 60 valence electrons. The van der Waals surface area contributed by atoms with Gasteiger partial charge in [0.25, 0.3) is 0 Å². The topological polar surface area (TPSA) is 46.5 Å². The van der Waals surface area contributed by atoms with Crippen molar-refractivity contribution in [2.75, 3.05) is 13.2 Å². The minimum atomic E-state index is -0.916. The van der Waals surface area contributed by atoms with Gasteiger partial charge in [-0.05, 0) is 12.0 Å². The second kappa shape index (κ2) is 3.93. The number of hydrogen-bond donors (Lipinski definition) is 1. The van der Waals surface area contributed by atoms with Crippen LogP contribution in [0.2, 0.25) is 0 Å². The predicted molar refractivity (Wildman–Crippen MR) is 40.3 cm³/mol. The summed E-state index contributed by atoms with van der Waals surface area (Å²) in [6.45, 7) is 1.40. The number of carboxylic acid groups (broad SMARTS) is 1. The van der Waals surface area contributed by atoms with Crippen LogP contribution in [0.4, 0.5) is 0 Å². The minimum Gasteiger partial charge on any atom is -0.478 e. The van der Waals surface area contributed by atoms with Gasteiger partial charge in [-0.1, -0.05) is 12.2 Å². The molecule has 1 saturated heterocycles. The second-order valence-electron chi connectivity index (χ2n) is 2.32. The van der Waals surface area contributed by atoms with Crippen molar-refractivity contribution in [3.05, 3.63) is 23.8 Å². The summed E-state index contributed by atoms with van der Waals surface area (Å²) in [4.78, 5) is 10.0. The summed E-state index contributed by atoms with van der Waals surface area (Å²) in [5, 5.41) is 8.24. The Labute approximate surface area is 65.0 Å². The monoisotopic (exact) mass is 154 g/mol. The Kier molecular flexibility index (Phi) is 2.86. The van der Waals surface area contributed by atoms with Crippen LogP contribution in [0.15, 0.2) is 23.8 Å². The van der Waals surface area contributed by atoms with Crippen molar-refractivity contribution in [3.63, 3.8) is 0 Å². The molecule has 0 aromatic rings. The lowest BCUT2D eigenvalue weighted by molar-refractivity contribution is -0.131. The Morgan fingerprint density at radius 3 is 3.00 bits per heavy atom. The molecule has 1 rings (SSSR count). The third kappa shape index (κ3) is 3.00. The second-order valence-corrected chi connectivity index (χ2v) is 2.32. The normalized spacial score (nSPS) is 21.6. The zero-order valence-electron chi connectivity index (χ0n) is 6.12. The van der Waals surface area contributed by atoms with Gasteiger partial charge in [0, 0.05) is 6.08 Å². The van der Waals surface area contributed by atoms with Crippen LogP contribution in [0.3, 0.4) is 0 Å². The number of carbonyl (C=O) groups is 1. The van der Waals surface area contributed by atoms with E-state index in [1.165, 1.54) is 6.08 Å². The molecule has 0 bridgehead atoms. The first-order valence-electron chi connectivity index (χ1n) is 3.46. The van der Waals surface area contributed by atoms with Crippen LogP contribution in [0.25, 0.3) is 0 Å². The Bertz CT molecular complexity index is 195. The predicted octanol–water partition coefficient (Wildman–Crippen LogP) is 0.974. The molecule has 0 aromatic heterocycles. The van der Waals surface area contributed by atoms with E-state index in [0.717, 1.165) is 24.7 Å². The van der Waals surface area contributed by atoms with E-state index in [1.54, 1.807) is 6.08 Å². The molecule has 0 radical (unpaired) electrons. The highest BCUT2D eigenvalue weighted by Gasteiger charge is 2.04. The van der Waals surface area contributed by atoms with E-state index in [-0.39, 0.29) is 0 Å². The summed E-state index contributed by atoms with van der Waals surface area (Å²) in [7, 11) is 0. The largest absolute Gasteiger partial charge is 0.478 e. The fourth-order valence-corrected chi connectivity index (χ4v) is 0.877. The molecule has 1 heterocycles. The standard InChI is InChI=1S/C8H10O3/c9-8(10)3-1-2-7-4-5-11-6-7/h1-3H,4-6H2,(H,9,10)/b3-1+,7-2-. The maximum Gasteiger partial charge on any atom is 0.328 e. The average Bonchev–Trinajstić information content (AvgIpc) is 2.39. The summed E-state index contributed by atoms with van der Waals surface area (Å²) in [5.74, 6) is -0.916. The lowest BCUT2D eigenvalue weighted by Crippen LogP contribution is -1.85. The molecular weight excluding hydrogens is 144 g/mol. The molecule has 0 atom stereocenters. The highest BCUT2D eigenvalue weighted by atomic mass is 16.5. The zero-order valence-corrected chi connectivity index (χ0v) is 6.12. The molecule has 3 heteroatoms. The summed E-state index contributed by atoms with van der Waals surface area (Å²) >= 11 is 0. The summed E-state index contributed by atoms with van der Waals surface area (Å²) in [5.41, 5.74) is 1.16. The number of ether oxygens (including phenoxy) is 1. The maximum atomic E-state index is 10.0. The van der Waals surface area contributed by atoms with Crippen LogP contribution in [0, 0.1) is 0 Å². The van der Waals surface area contributed by atoms with Gasteiger partial charge in [0.05, 0.1) is 13.2 Å². The highest BCUT2D eigenvalue weighted by molar-refractivity contribution is 5.80. The van der Waals surface area contributed by atoms with Crippen LogP contribution in [0.5, 0.6) is 0 Å². The van der Waals surface area contributed by atoms with Gasteiger partial charge >= 0.3 is 5.97 Å². The highest BCUT2D eigenvalue weighted by Crippen LogP contribution is 2.09. The van der Waals surface area contributed by atoms with Gasteiger partial charge in [-0.15, -0.1) is 0 Å². The summed E-state index contributed by atoms with van der Waals surface area (Å²) < 4.78 is 5.07. The number of rotatable bonds is 2. The molecule has 1 fully saturated rings. The van der Waals surface area contributed by atoms with E-state index in [2.05, 4.69) is 0 Å².